The molecule has 0 saturated carbocycles. The molecule has 1 aromatic carbocycles. The average molecular weight is 300 g/mol. The minimum Gasteiger partial charge on any atom is -0.481 e. The van der Waals surface area contributed by atoms with Crippen LogP contribution < -0.4 is 0 Å². The molecule has 1 saturated heterocycles. The van der Waals surface area contributed by atoms with Crippen LogP contribution in [-0.2, 0) is 4.79 Å². The van der Waals surface area contributed by atoms with Crippen LogP contribution in [0.15, 0.2) is 40.9 Å². The van der Waals surface area contributed by atoms with Gasteiger partial charge in [0.25, 0.3) is 5.91 Å². The molecule has 2 atom stereocenters. The summed E-state index contributed by atoms with van der Waals surface area (Å²) >= 11 is 0. The second-order valence-electron chi connectivity index (χ2n) is 5.49. The summed E-state index contributed by atoms with van der Waals surface area (Å²) in [7, 11) is 0. The number of carbonyl (C=O) groups excluding carboxylic acids is 1. The van der Waals surface area contributed by atoms with Crippen molar-refractivity contribution in [1.29, 1.82) is 0 Å². The van der Waals surface area contributed by atoms with Crippen molar-refractivity contribution in [3.63, 3.8) is 0 Å². The largest absolute Gasteiger partial charge is 0.481 e. The molecule has 1 fully saturated rings. The maximum atomic E-state index is 12.4. The summed E-state index contributed by atoms with van der Waals surface area (Å²) in [6.45, 7) is 2.26. The van der Waals surface area contributed by atoms with Crippen molar-refractivity contribution in [3.8, 4) is 0 Å². The molecule has 0 spiro atoms. The summed E-state index contributed by atoms with van der Waals surface area (Å²) in [5, 5.41) is 13.2. The first-order valence-electron chi connectivity index (χ1n) is 7.06. The summed E-state index contributed by atoms with van der Waals surface area (Å²) in [6, 6.07) is 11.0. The average Bonchev–Trinajstić information content (AvgIpc) is 3.14. The number of aryl methyl sites for hydroxylation is 1. The molecule has 2 aromatic rings. The Balaban J connectivity index is 1.84. The van der Waals surface area contributed by atoms with Crippen LogP contribution in [0.5, 0.6) is 0 Å². The number of amides is 1. The number of hydrogen-bond acceptors (Lipinski definition) is 4. The molecule has 114 valence electrons. The highest BCUT2D eigenvalue weighted by molar-refractivity contribution is 5.93. The number of aromatic nitrogens is 1. The third-order valence-electron chi connectivity index (χ3n) is 4.00. The molecule has 1 aromatic heterocycles. The molecule has 6 nitrogen and oxygen atoms in total. The molecule has 22 heavy (non-hydrogen) atoms. The van der Waals surface area contributed by atoms with Gasteiger partial charge in [-0.2, -0.15) is 0 Å². The molecule has 1 amide bonds. The van der Waals surface area contributed by atoms with Crippen LogP contribution in [0.3, 0.4) is 0 Å². The van der Waals surface area contributed by atoms with Crippen LogP contribution in [0.4, 0.5) is 0 Å². The Morgan fingerprint density at radius 3 is 2.59 bits per heavy atom. The lowest BCUT2D eigenvalue weighted by Crippen LogP contribution is -2.30. The quantitative estimate of drug-likeness (QED) is 0.936. The van der Waals surface area contributed by atoms with Gasteiger partial charge < -0.3 is 14.5 Å². The summed E-state index contributed by atoms with van der Waals surface area (Å²) in [5.74, 6) is -1.45. The molecule has 1 aliphatic rings. The molecule has 1 aliphatic heterocycles. The van der Waals surface area contributed by atoms with Crippen LogP contribution in [0.25, 0.3) is 0 Å². The Hall–Kier alpha value is -2.63. The lowest BCUT2D eigenvalue weighted by Gasteiger charge is -2.15. The van der Waals surface area contributed by atoms with Gasteiger partial charge in [-0.25, -0.2) is 0 Å². The van der Waals surface area contributed by atoms with E-state index in [4.69, 9.17) is 4.52 Å². The third kappa shape index (κ3) is 2.59. The van der Waals surface area contributed by atoms with Gasteiger partial charge in [0.15, 0.2) is 5.69 Å². The maximum Gasteiger partial charge on any atom is 0.308 e. The predicted molar refractivity (Wildman–Crippen MR) is 77.5 cm³/mol. The van der Waals surface area contributed by atoms with Crippen molar-refractivity contribution in [3.05, 3.63) is 53.4 Å². The highest BCUT2D eigenvalue weighted by Crippen LogP contribution is 2.33. The monoisotopic (exact) mass is 300 g/mol. The van der Waals surface area contributed by atoms with Crippen LogP contribution in [0.1, 0.15) is 27.7 Å². The predicted octanol–water partition coefficient (Wildman–Crippen LogP) is 1.92. The molecular weight excluding hydrogens is 284 g/mol. The standard InChI is InChI=1S/C16H16N2O4/c1-10-7-14(17-22-10)15(19)18-8-12(13(9-18)16(20)21)11-5-3-2-4-6-11/h2-7,12-13H,8-9H2,1H3,(H,20,21)/t12-,13-/m0/s1. The fourth-order valence-electron chi connectivity index (χ4n) is 2.89. The van der Waals surface area contributed by atoms with E-state index in [1.807, 2.05) is 30.3 Å². The summed E-state index contributed by atoms with van der Waals surface area (Å²) < 4.78 is 4.92. The molecule has 1 N–H and O–H groups in total. The Labute approximate surface area is 127 Å². The number of nitrogens with zero attached hydrogens (tertiary/aromatic N) is 2. The number of likely N-dealkylation sites (tertiary alicyclic amines) is 1. The van der Waals surface area contributed by atoms with E-state index in [1.54, 1.807) is 13.0 Å². The Bertz CT molecular complexity index is 695. The SMILES string of the molecule is Cc1cc(C(=O)N2C[C@H](C(=O)O)[C@H](c3ccccc3)C2)no1. The minimum atomic E-state index is -0.888. The second kappa shape index (κ2) is 5.63. The zero-order chi connectivity index (χ0) is 15.7. The van der Waals surface area contributed by atoms with Gasteiger partial charge in [-0.1, -0.05) is 35.5 Å². The van der Waals surface area contributed by atoms with Crippen molar-refractivity contribution in [2.24, 2.45) is 5.92 Å². The van der Waals surface area contributed by atoms with Crippen LogP contribution >= 0.6 is 0 Å². The lowest BCUT2D eigenvalue weighted by atomic mass is 9.89. The van der Waals surface area contributed by atoms with Gasteiger partial charge >= 0.3 is 5.97 Å². The van der Waals surface area contributed by atoms with Gasteiger partial charge in [-0.05, 0) is 12.5 Å². The first kappa shape index (κ1) is 14.3. The number of carbonyl (C=O) groups is 2. The van der Waals surface area contributed by atoms with Gasteiger partial charge in [-0.15, -0.1) is 0 Å². The Morgan fingerprint density at radius 1 is 1.27 bits per heavy atom. The smallest absolute Gasteiger partial charge is 0.308 e. The fraction of sp³-hybridized carbons (Fsp3) is 0.312. The van der Waals surface area contributed by atoms with Crippen molar-refractivity contribution in [2.45, 2.75) is 12.8 Å². The van der Waals surface area contributed by atoms with E-state index >= 15 is 0 Å². The molecule has 0 radical (unpaired) electrons. The van der Waals surface area contributed by atoms with Gasteiger partial charge in [0.05, 0.1) is 5.92 Å². The van der Waals surface area contributed by atoms with E-state index in [-0.39, 0.29) is 24.1 Å². The van der Waals surface area contributed by atoms with E-state index in [1.165, 1.54) is 4.90 Å². The van der Waals surface area contributed by atoms with Gasteiger partial charge in [-0.3, -0.25) is 9.59 Å². The zero-order valence-electron chi connectivity index (χ0n) is 12.1. The lowest BCUT2D eigenvalue weighted by molar-refractivity contribution is -0.141. The zero-order valence-corrected chi connectivity index (χ0v) is 12.1. The normalized spacial score (nSPS) is 21.0. The third-order valence-corrected chi connectivity index (χ3v) is 4.00. The number of rotatable bonds is 3. The van der Waals surface area contributed by atoms with Crippen molar-refractivity contribution in [2.75, 3.05) is 13.1 Å². The van der Waals surface area contributed by atoms with Gasteiger partial charge in [0, 0.05) is 25.1 Å². The Morgan fingerprint density at radius 2 is 2.00 bits per heavy atom. The first-order valence-corrected chi connectivity index (χ1v) is 7.06. The van der Waals surface area contributed by atoms with E-state index in [0.29, 0.717) is 12.3 Å². The van der Waals surface area contributed by atoms with E-state index < -0.39 is 11.9 Å². The molecule has 0 unspecified atom stereocenters. The van der Waals surface area contributed by atoms with E-state index in [9.17, 15) is 14.7 Å². The number of carboxylic acid groups (broad SMARTS) is 1. The summed E-state index contributed by atoms with van der Waals surface area (Å²) in [6.07, 6.45) is 0. The van der Waals surface area contributed by atoms with E-state index in [2.05, 4.69) is 5.16 Å². The topological polar surface area (TPSA) is 83.6 Å². The number of aliphatic carboxylic acids is 1. The van der Waals surface area contributed by atoms with Crippen molar-refractivity contribution < 1.29 is 19.2 Å². The second-order valence-corrected chi connectivity index (χ2v) is 5.49. The summed E-state index contributed by atoms with van der Waals surface area (Å²) in [5.41, 5.74) is 1.15. The highest BCUT2D eigenvalue weighted by Gasteiger charge is 2.41. The minimum absolute atomic E-state index is 0.180. The number of hydrogen-bond donors (Lipinski definition) is 1. The van der Waals surface area contributed by atoms with Crippen LogP contribution in [0.2, 0.25) is 0 Å². The van der Waals surface area contributed by atoms with Crippen LogP contribution in [-0.4, -0.2) is 40.1 Å². The maximum absolute atomic E-state index is 12.4. The molecular formula is C16H16N2O4. The number of benzene rings is 1. The molecule has 2 heterocycles. The van der Waals surface area contributed by atoms with Gasteiger partial charge in [0.1, 0.15) is 5.76 Å². The number of carboxylic acids is 1. The molecule has 3 rings (SSSR count). The fourth-order valence-corrected chi connectivity index (χ4v) is 2.89. The molecule has 0 aliphatic carbocycles. The highest BCUT2D eigenvalue weighted by atomic mass is 16.5. The Kier molecular flexibility index (Phi) is 3.66. The van der Waals surface area contributed by atoms with Crippen molar-refractivity contribution >= 4 is 11.9 Å². The first-order chi connectivity index (χ1) is 10.6. The van der Waals surface area contributed by atoms with E-state index in [0.717, 1.165) is 5.56 Å². The summed E-state index contributed by atoms with van der Waals surface area (Å²) in [4.78, 5) is 25.5. The van der Waals surface area contributed by atoms with Crippen LogP contribution in [0, 0.1) is 12.8 Å². The van der Waals surface area contributed by atoms with Crippen molar-refractivity contribution in [1.82, 2.24) is 10.1 Å². The molecule has 0 bridgehead atoms. The van der Waals surface area contributed by atoms with Gasteiger partial charge in [0.2, 0.25) is 0 Å². The molecule has 6 heteroatoms.